The summed E-state index contributed by atoms with van der Waals surface area (Å²) in [6, 6.07) is 27.2. The largest absolute Gasteiger partial charge is 0.497 e. The van der Waals surface area contributed by atoms with E-state index in [1.807, 2.05) is 18.2 Å². The number of methoxy groups -OCH3 is 1. The van der Waals surface area contributed by atoms with Crippen LogP contribution in [0.2, 0.25) is 0 Å². The Morgan fingerprint density at radius 3 is 2.03 bits per heavy atom. The lowest BCUT2D eigenvalue weighted by atomic mass is 9.79. The molecule has 3 aromatic carbocycles. The van der Waals surface area contributed by atoms with Crippen molar-refractivity contribution in [3.05, 3.63) is 107 Å². The lowest BCUT2D eigenvalue weighted by molar-refractivity contribution is 0.00499. The summed E-state index contributed by atoms with van der Waals surface area (Å²) < 4.78 is 11.8. The Hall–Kier alpha value is -3.06. The normalized spacial score (nSPS) is 15.9. The van der Waals surface area contributed by atoms with E-state index in [0.29, 0.717) is 6.61 Å². The minimum Gasteiger partial charge on any atom is -0.497 e. The molecule has 0 spiro atoms. The second-order valence-corrected chi connectivity index (χ2v) is 8.73. The average Bonchev–Trinajstić information content (AvgIpc) is 2.77. The van der Waals surface area contributed by atoms with Crippen LogP contribution in [0.5, 0.6) is 5.75 Å². The van der Waals surface area contributed by atoms with Gasteiger partial charge in [-0.2, -0.15) is 0 Å². The quantitative estimate of drug-likeness (QED) is 0.456. The van der Waals surface area contributed by atoms with Crippen LogP contribution in [0.15, 0.2) is 84.6 Å². The molecular formula is C28H28O2. The van der Waals surface area contributed by atoms with Crippen LogP contribution in [-0.4, -0.2) is 13.2 Å². The maximum atomic E-state index is 6.39. The van der Waals surface area contributed by atoms with E-state index in [1.165, 1.54) is 5.56 Å². The van der Waals surface area contributed by atoms with E-state index in [4.69, 9.17) is 9.47 Å². The van der Waals surface area contributed by atoms with Crippen LogP contribution in [0.3, 0.4) is 0 Å². The molecule has 0 N–H and O–H groups in total. The van der Waals surface area contributed by atoms with Crippen LogP contribution in [-0.2, 0) is 11.3 Å². The van der Waals surface area contributed by atoms with E-state index in [1.54, 1.807) is 7.11 Å². The summed E-state index contributed by atoms with van der Waals surface area (Å²) in [7, 11) is 1.70. The fraction of sp³-hybridized carbons (Fsp3) is 0.250. The van der Waals surface area contributed by atoms with Gasteiger partial charge in [-0.1, -0.05) is 81.4 Å². The van der Waals surface area contributed by atoms with Crippen molar-refractivity contribution in [1.82, 2.24) is 0 Å². The highest BCUT2D eigenvalue weighted by Gasteiger charge is 2.34. The summed E-state index contributed by atoms with van der Waals surface area (Å²) in [6.45, 7) is 7.24. The fourth-order valence-corrected chi connectivity index (χ4v) is 3.95. The molecule has 0 radical (unpaired) electrons. The summed E-state index contributed by atoms with van der Waals surface area (Å²) in [6.07, 6.45) is -0.0548. The van der Waals surface area contributed by atoms with Crippen molar-refractivity contribution in [2.45, 2.75) is 33.5 Å². The molecule has 1 heterocycles. The van der Waals surface area contributed by atoms with Crippen molar-refractivity contribution in [1.29, 1.82) is 0 Å². The molecule has 0 amide bonds. The summed E-state index contributed by atoms with van der Waals surface area (Å²) >= 11 is 0. The van der Waals surface area contributed by atoms with Gasteiger partial charge in [0.05, 0.1) is 19.8 Å². The standard InChI is InChI=1S/C28H28O2/c1-28(2,3)27-26(24-16-15-23(29-4)17-22(24)19-30-27)18-25(20-11-7-5-8-12-20)21-13-9-6-10-14-21/h5-17,27H,19H2,1-4H3. The van der Waals surface area contributed by atoms with Crippen LogP contribution in [0, 0.1) is 5.41 Å². The van der Waals surface area contributed by atoms with Crippen molar-refractivity contribution in [2.24, 2.45) is 5.41 Å². The maximum Gasteiger partial charge on any atom is 0.119 e. The molecule has 0 aromatic heterocycles. The van der Waals surface area contributed by atoms with Gasteiger partial charge in [-0.25, -0.2) is 0 Å². The second kappa shape index (κ2) is 8.36. The monoisotopic (exact) mass is 396 g/mol. The number of benzene rings is 3. The van der Waals surface area contributed by atoms with Gasteiger partial charge in [-0.3, -0.25) is 0 Å². The molecule has 1 aliphatic heterocycles. The first-order valence-electron chi connectivity index (χ1n) is 10.4. The van der Waals surface area contributed by atoms with Gasteiger partial charge in [0.15, 0.2) is 0 Å². The van der Waals surface area contributed by atoms with Gasteiger partial charge in [-0.15, -0.1) is 5.73 Å². The summed E-state index contributed by atoms with van der Waals surface area (Å²) in [5, 5.41) is 0. The van der Waals surface area contributed by atoms with Crippen LogP contribution < -0.4 is 4.74 Å². The molecular weight excluding hydrogens is 368 g/mol. The average molecular weight is 397 g/mol. The molecule has 0 saturated heterocycles. The zero-order chi connectivity index (χ0) is 21.1. The van der Waals surface area contributed by atoms with Gasteiger partial charge in [0.1, 0.15) is 5.75 Å². The number of fused-ring (bicyclic) bond motifs is 1. The Morgan fingerprint density at radius 1 is 0.900 bits per heavy atom. The first-order chi connectivity index (χ1) is 14.5. The lowest BCUT2D eigenvalue weighted by Gasteiger charge is -2.36. The maximum absolute atomic E-state index is 6.39. The van der Waals surface area contributed by atoms with E-state index < -0.39 is 0 Å². The third-order valence-corrected chi connectivity index (χ3v) is 5.44. The van der Waals surface area contributed by atoms with Crippen molar-refractivity contribution in [3.8, 4) is 5.75 Å². The Labute approximate surface area is 179 Å². The van der Waals surface area contributed by atoms with Crippen molar-refractivity contribution in [2.75, 3.05) is 7.11 Å². The number of hydrogen-bond acceptors (Lipinski definition) is 2. The molecule has 1 aliphatic rings. The predicted octanol–water partition coefficient (Wildman–Crippen LogP) is 6.75. The predicted molar refractivity (Wildman–Crippen MR) is 123 cm³/mol. The highest BCUT2D eigenvalue weighted by molar-refractivity contribution is 5.86. The fourth-order valence-electron chi connectivity index (χ4n) is 3.95. The summed E-state index contributed by atoms with van der Waals surface area (Å²) in [5.74, 6) is 0.848. The third-order valence-electron chi connectivity index (χ3n) is 5.44. The molecule has 0 bridgehead atoms. The van der Waals surface area contributed by atoms with E-state index in [0.717, 1.165) is 33.6 Å². The molecule has 30 heavy (non-hydrogen) atoms. The van der Waals surface area contributed by atoms with Crippen LogP contribution in [0.1, 0.15) is 43.0 Å². The van der Waals surface area contributed by atoms with Gasteiger partial charge in [0.25, 0.3) is 0 Å². The van der Waals surface area contributed by atoms with Crippen LogP contribution >= 0.6 is 0 Å². The zero-order valence-corrected chi connectivity index (χ0v) is 18.1. The first kappa shape index (κ1) is 20.2. The molecule has 2 heteroatoms. The lowest BCUT2D eigenvalue weighted by Crippen LogP contribution is -2.33. The smallest absolute Gasteiger partial charge is 0.119 e. The molecule has 0 aliphatic carbocycles. The molecule has 152 valence electrons. The van der Waals surface area contributed by atoms with Crippen LogP contribution in [0.25, 0.3) is 11.1 Å². The molecule has 2 nitrogen and oxygen atoms in total. The molecule has 0 saturated carbocycles. The van der Waals surface area contributed by atoms with E-state index in [9.17, 15) is 0 Å². The summed E-state index contributed by atoms with van der Waals surface area (Å²) in [5.41, 5.74) is 10.5. The first-order valence-corrected chi connectivity index (χ1v) is 10.4. The number of rotatable bonds is 3. The minimum absolute atomic E-state index is 0.0548. The van der Waals surface area contributed by atoms with Crippen molar-refractivity contribution >= 4 is 11.1 Å². The molecule has 1 atom stereocenters. The van der Waals surface area contributed by atoms with E-state index in [-0.39, 0.29) is 11.5 Å². The van der Waals surface area contributed by atoms with Gasteiger partial charge >= 0.3 is 0 Å². The number of ether oxygens (including phenoxy) is 2. The topological polar surface area (TPSA) is 18.5 Å². The molecule has 4 rings (SSSR count). The third kappa shape index (κ3) is 4.11. The van der Waals surface area contributed by atoms with Gasteiger partial charge in [-0.05, 0) is 45.9 Å². The molecule has 1 unspecified atom stereocenters. The van der Waals surface area contributed by atoms with E-state index in [2.05, 4.69) is 87.2 Å². The van der Waals surface area contributed by atoms with Gasteiger partial charge < -0.3 is 9.47 Å². The van der Waals surface area contributed by atoms with Crippen molar-refractivity contribution < 1.29 is 9.47 Å². The Morgan fingerprint density at radius 2 is 1.50 bits per heavy atom. The SMILES string of the molecule is COc1ccc2c(c1)COC(C(C)(C)C)C2=C=C(c1ccccc1)c1ccccc1. The highest BCUT2D eigenvalue weighted by Crippen LogP contribution is 2.41. The minimum atomic E-state index is -0.0571. The summed E-state index contributed by atoms with van der Waals surface area (Å²) in [4.78, 5) is 0. The van der Waals surface area contributed by atoms with Crippen molar-refractivity contribution in [3.63, 3.8) is 0 Å². The molecule has 0 fully saturated rings. The second-order valence-electron chi connectivity index (χ2n) is 8.73. The van der Waals surface area contributed by atoms with Gasteiger partial charge in [0.2, 0.25) is 0 Å². The molecule has 3 aromatic rings. The van der Waals surface area contributed by atoms with Gasteiger partial charge in [0, 0.05) is 11.1 Å². The highest BCUT2D eigenvalue weighted by atomic mass is 16.5. The number of hydrogen-bond donors (Lipinski definition) is 0. The van der Waals surface area contributed by atoms with Crippen LogP contribution in [0.4, 0.5) is 0 Å². The zero-order valence-electron chi connectivity index (χ0n) is 18.1. The Kier molecular flexibility index (Phi) is 5.63. The van der Waals surface area contributed by atoms with E-state index >= 15 is 0 Å². The Balaban J connectivity index is 2.03. The Bertz CT molecular complexity index is 1040.